The summed E-state index contributed by atoms with van der Waals surface area (Å²) in [6, 6.07) is 22.3. The topological polar surface area (TPSA) is 23.8 Å². The highest BCUT2D eigenvalue weighted by Gasteiger charge is 2.09. The van der Waals surface area contributed by atoms with Gasteiger partial charge in [0.15, 0.2) is 0 Å². The predicted octanol–water partition coefficient (Wildman–Crippen LogP) is 6.35. The van der Waals surface area contributed by atoms with E-state index in [0.717, 1.165) is 24.1 Å². The average molecular weight is 359 g/mol. The average Bonchev–Trinajstić information content (AvgIpc) is 2.68. The zero-order chi connectivity index (χ0) is 19.2. The molecule has 3 aromatic rings. The maximum atomic E-state index is 13.7. The standard InChI is InChI=1S/C24H19F2N/c1-17(21-5-3-2-4-6-21)13-19-10-7-18(8-11-19)9-12-20-14-23(25)22(16-27)24(26)15-20/h2-12,14-15,17H,13H2,1H3/t17-/m0/s1. The maximum absolute atomic E-state index is 13.7. The number of nitriles is 1. The SMILES string of the molecule is C[C@@H](Cc1ccc(C=Cc2cc(F)c(C#N)c(F)c2)cc1)c1ccccc1. The molecule has 0 N–H and O–H groups in total. The number of rotatable bonds is 5. The van der Waals surface area contributed by atoms with Crippen LogP contribution in [-0.4, -0.2) is 0 Å². The van der Waals surface area contributed by atoms with Gasteiger partial charge in [0.05, 0.1) is 0 Å². The minimum Gasteiger partial charge on any atom is -0.205 e. The molecule has 134 valence electrons. The van der Waals surface area contributed by atoms with Crippen molar-refractivity contribution < 1.29 is 8.78 Å². The molecule has 3 rings (SSSR count). The van der Waals surface area contributed by atoms with Crippen molar-refractivity contribution >= 4 is 12.2 Å². The molecule has 0 aromatic heterocycles. The van der Waals surface area contributed by atoms with E-state index in [1.807, 2.05) is 18.2 Å². The quantitative estimate of drug-likeness (QED) is 0.487. The molecular formula is C24H19F2N. The summed E-state index contributed by atoms with van der Waals surface area (Å²) in [5.74, 6) is -1.26. The van der Waals surface area contributed by atoms with Crippen LogP contribution in [0.5, 0.6) is 0 Å². The van der Waals surface area contributed by atoms with Gasteiger partial charge in [0.2, 0.25) is 0 Å². The van der Waals surface area contributed by atoms with Gasteiger partial charge in [-0.2, -0.15) is 5.26 Å². The summed E-state index contributed by atoms with van der Waals surface area (Å²) in [6.45, 7) is 2.21. The molecule has 0 spiro atoms. The van der Waals surface area contributed by atoms with Crippen LogP contribution in [0.3, 0.4) is 0 Å². The zero-order valence-electron chi connectivity index (χ0n) is 15.0. The molecule has 0 bridgehead atoms. The molecule has 0 aliphatic rings. The fourth-order valence-electron chi connectivity index (χ4n) is 3.01. The molecule has 0 saturated carbocycles. The van der Waals surface area contributed by atoms with Crippen LogP contribution in [0.2, 0.25) is 0 Å². The lowest BCUT2D eigenvalue weighted by molar-refractivity contribution is 0.576. The highest BCUT2D eigenvalue weighted by molar-refractivity contribution is 5.70. The fourth-order valence-corrected chi connectivity index (χ4v) is 3.01. The highest BCUT2D eigenvalue weighted by Crippen LogP contribution is 2.21. The third-order valence-electron chi connectivity index (χ3n) is 4.53. The van der Waals surface area contributed by atoms with E-state index in [1.54, 1.807) is 12.2 Å². The summed E-state index contributed by atoms with van der Waals surface area (Å²) < 4.78 is 27.3. The van der Waals surface area contributed by atoms with Crippen molar-refractivity contribution in [3.05, 3.63) is 106 Å². The van der Waals surface area contributed by atoms with E-state index in [2.05, 4.69) is 43.3 Å². The third-order valence-corrected chi connectivity index (χ3v) is 4.53. The first-order valence-electron chi connectivity index (χ1n) is 8.78. The Kier molecular flexibility index (Phi) is 5.78. The Morgan fingerprint density at radius 1 is 0.889 bits per heavy atom. The molecule has 0 radical (unpaired) electrons. The molecule has 1 nitrogen and oxygen atoms in total. The number of halogens is 2. The van der Waals surface area contributed by atoms with Gasteiger partial charge in [-0.05, 0) is 46.7 Å². The van der Waals surface area contributed by atoms with Gasteiger partial charge in [-0.15, -0.1) is 0 Å². The molecule has 3 heteroatoms. The normalized spacial score (nSPS) is 12.1. The van der Waals surface area contributed by atoms with Gasteiger partial charge < -0.3 is 0 Å². The Morgan fingerprint density at radius 3 is 2.07 bits per heavy atom. The van der Waals surface area contributed by atoms with Crippen molar-refractivity contribution in [1.29, 1.82) is 5.26 Å². The molecule has 0 fully saturated rings. The number of hydrogen-bond donors (Lipinski definition) is 0. The van der Waals surface area contributed by atoms with Gasteiger partial charge in [0, 0.05) is 0 Å². The van der Waals surface area contributed by atoms with Crippen molar-refractivity contribution in [2.45, 2.75) is 19.3 Å². The summed E-state index contributed by atoms with van der Waals surface area (Å²) in [5.41, 5.74) is 3.32. The van der Waals surface area contributed by atoms with Crippen molar-refractivity contribution in [2.24, 2.45) is 0 Å². The fraction of sp³-hybridized carbons (Fsp3) is 0.125. The van der Waals surface area contributed by atoms with Crippen LogP contribution in [0.1, 0.15) is 40.7 Å². The summed E-state index contributed by atoms with van der Waals surface area (Å²) in [7, 11) is 0. The third kappa shape index (κ3) is 4.68. The van der Waals surface area contributed by atoms with E-state index >= 15 is 0 Å². The molecule has 27 heavy (non-hydrogen) atoms. The second-order valence-corrected chi connectivity index (χ2v) is 6.56. The maximum Gasteiger partial charge on any atom is 0.144 e. The lowest BCUT2D eigenvalue weighted by Crippen LogP contribution is -1.98. The Morgan fingerprint density at radius 2 is 1.48 bits per heavy atom. The lowest BCUT2D eigenvalue weighted by Gasteiger charge is -2.12. The Labute approximate surface area is 158 Å². The second kappa shape index (κ2) is 8.42. The van der Waals surface area contributed by atoms with Crippen molar-refractivity contribution in [3.63, 3.8) is 0 Å². The minimum atomic E-state index is -0.845. The van der Waals surface area contributed by atoms with Crippen LogP contribution < -0.4 is 0 Å². The van der Waals surface area contributed by atoms with Crippen LogP contribution >= 0.6 is 0 Å². The van der Waals surface area contributed by atoms with Gasteiger partial charge in [0.25, 0.3) is 0 Å². The van der Waals surface area contributed by atoms with Crippen LogP contribution in [0.25, 0.3) is 12.2 Å². The van der Waals surface area contributed by atoms with Crippen LogP contribution in [0.15, 0.2) is 66.7 Å². The van der Waals surface area contributed by atoms with Crippen molar-refractivity contribution in [3.8, 4) is 6.07 Å². The largest absolute Gasteiger partial charge is 0.205 e. The van der Waals surface area contributed by atoms with Crippen LogP contribution in [-0.2, 0) is 6.42 Å². The predicted molar refractivity (Wildman–Crippen MR) is 105 cm³/mol. The molecule has 0 aliphatic carbocycles. The van der Waals surface area contributed by atoms with Crippen LogP contribution in [0, 0.1) is 23.0 Å². The Balaban J connectivity index is 1.69. The van der Waals surface area contributed by atoms with E-state index in [0.29, 0.717) is 11.5 Å². The lowest BCUT2D eigenvalue weighted by atomic mass is 9.93. The highest BCUT2D eigenvalue weighted by atomic mass is 19.1. The van der Waals surface area contributed by atoms with Crippen LogP contribution in [0.4, 0.5) is 8.78 Å². The van der Waals surface area contributed by atoms with Gasteiger partial charge in [-0.3, -0.25) is 0 Å². The first-order chi connectivity index (χ1) is 13.1. The summed E-state index contributed by atoms with van der Waals surface area (Å²) >= 11 is 0. The van der Waals surface area contributed by atoms with Gasteiger partial charge >= 0.3 is 0 Å². The van der Waals surface area contributed by atoms with E-state index in [1.165, 1.54) is 17.2 Å². The number of benzene rings is 3. The Bertz CT molecular complexity index is 960. The molecule has 0 heterocycles. The molecule has 0 saturated heterocycles. The molecule has 0 aliphatic heterocycles. The first kappa shape index (κ1) is 18.5. The van der Waals surface area contributed by atoms with Crippen molar-refractivity contribution in [2.75, 3.05) is 0 Å². The number of hydrogen-bond acceptors (Lipinski definition) is 1. The second-order valence-electron chi connectivity index (χ2n) is 6.56. The van der Waals surface area contributed by atoms with Crippen molar-refractivity contribution in [1.82, 2.24) is 0 Å². The smallest absolute Gasteiger partial charge is 0.144 e. The monoisotopic (exact) mass is 359 g/mol. The van der Waals surface area contributed by atoms with E-state index in [4.69, 9.17) is 5.26 Å². The summed E-state index contributed by atoms with van der Waals surface area (Å²) in [5, 5.41) is 8.71. The van der Waals surface area contributed by atoms with E-state index < -0.39 is 17.2 Å². The summed E-state index contributed by atoms with van der Waals surface area (Å²) in [6.07, 6.45) is 4.37. The Hall–Kier alpha value is -3.25. The molecule has 0 unspecified atom stereocenters. The van der Waals surface area contributed by atoms with E-state index in [-0.39, 0.29) is 0 Å². The molecule has 3 aromatic carbocycles. The first-order valence-corrected chi connectivity index (χ1v) is 8.78. The van der Waals surface area contributed by atoms with Gasteiger partial charge in [0.1, 0.15) is 23.3 Å². The molecule has 0 amide bonds. The minimum absolute atomic E-state index is 0.380. The van der Waals surface area contributed by atoms with Gasteiger partial charge in [-0.25, -0.2) is 8.78 Å². The zero-order valence-corrected chi connectivity index (χ0v) is 15.0. The molecule has 1 atom stereocenters. The molecular weight excluding hydrogens is 340 g/mol. The summed E-state index contributed by atoms with van der Waals surface area (Å²) in [4.78, 5) is 0. The van der Waals surface area contributed by atoms with E-state index in [9.17, 15) is 8.78 Å². The van der Waals surface area contributed by atoms with Gasteiger partial charge in [-0.1, -0.05) is 73.7 Å². The number of nitrogens with zero attached hydrogens (tertiary/aromatic N) is 1.